The van der Waals surface area contributed by atoms with Crippen molar-refractivity contribution in [1.82, 2.24) is 5.32 Å². The molecular weight excluding hydrogens is 228 g/mol. The molecular formula is C8H13F2NO3S. The lowest BCUT2D eigenvalue weighted by Crippen LogP contribution is -2.34. The van der Waals surface area contributed by atoms with Crippen LogP contribution in [0, 0.1) is 5.92 Å². The van der Waals surface area contributed by atoms with Gasteiger partial charge in [0, 0.05) is 6.26 Å². The SMILES string of the molecule is CCC1C(COS(C)=O)NC(=O)C1(F)F. The van der Waals surface area contributed by atoms with Crippen molar-refractivity contribution in [1.29, 1.82) is 0 Å². The first-order chi connectivity index (χ1) is 6.89. The number of nitrogens with one attached hydrogen (secondary N) is 1. The molecule has 3 unspecified atom stereocenters. The molecule has 1 aliphatic rings. The van der Waals surface area contributed by atoms with E-state index in [-0.39, 0.29) is 13.0 Å². The smallest absolute Gasteiger partial charge is 0.329 e. The molecule has 0 saturated carbocycles. The Balaban J connectivity index is 2.67. The second kappa shape index (κ2) is 4.52. The van der Waals surface area contributed by atoms with Crippen molar-refractivity contribution in [2.75, 3.05) is 12.9 Å². The van der Waals surface area contributed by atoms with Gasteiger partial charge in [-0.1, -0.05) is 6.92 Å². The topological polar surface area (TPSA) is 55.4 Å². The molecule has 1 heterocycles. The molecule has 0 aliphatic carbocycles. The highest BCUT2D eigenvalue weighted by Gasteiger charge is 2.56. The highest BCUT2D eigenvalue weighted by molar-refractivity contribution is 7.79. The summed E-state index contributed by atoms with van der Waals surface area (Å²) in [5.74, 6) is -5.71. The van der Waals surface area contributed by atoms with Gasteiger partial charge in [0.1, 0.15) is 0 Å². The van der Waals surface area contributed by atoms with Crippen molar-refractivity contribution < 1.29 is 22.0 Å². The molecule has 88 valence electrons. The lowest BCUT2D eigenvalue weighted by atomic mass is 9.95. The quantitative estimate of drug-likeness (QED) is 0.777. The van der Waals surface area contributed by atoms with Crippen LogP contribution in [0.2, 0.25) is 0 Å². The Morgan fingerprint density at radius 3 is 2.67 bits per heavy atom. The fraction of sp³-hybridized carbons (Fsp3) is 0.875. The van der Waals surface area contributed by atoms with Gasteiger partial charge < -0.3 is 5.32 Å². The van der Waals surface area contributed by atoms with Crippen molar-refractivity contribution in [2.24, 2.45) is 5.92 Å². The average Bonchev–Trinajstić information content (AvgIpc) is 2.34. The third-order valence-electron chi connectivity index (χ3n) is 2.42. The van der Waals surface area contributed by atoms with Gasteiger partial charge in [-0.3, -0.25) is 8.98 Å². The van der Waals surface area contributed by atoms with Gasteiger partial charge in [-0.15, -0.1) is 0 Å². The van der Waals surface area contributed by atoms with E-state index in [1.165, 1.54) is 6.26 Å². The zero-order valence-corrected chi connectivity index (χ0v) is 9.27. The van der Waals surface area contributed by atoms with E-state index >= 15 is 0 Å². The third kappa shape index (κ3) is 2.52. The molecule has 4 nitrogen and oxygen atoms in total. The highest BCUT2D eigenvalue weighted by Crippen LogP contribution is 2.35. The summed E-state index contributed by atoms with van der Waals surface area (Å²) in [6.45, 7) is 1.43. The predicted octanol–water partition coefficient (Wildman–Crippen LogP) is 0.456. The summed E-state index contributed by atoms with van der Waals surface area (Å²) >= 11 is -1.51. The first-order valence-corrected chi connectivity index (χ1v) is 6.03. The van der Waals surface area contributed by atoms with Crippen LogP contribution in [0.5, 0.6) is 0 Å². The van der Waals surface area contributed by atoms with Crippen LogP contribution >= 0.6 is 0 Å². The molecule has 1 rings (SSSR count). The van der Waals surface area contributed by atoms with E-state index < -0.39 is 34.9 Å². The van der Waals surface area contributed by atoms with Crippen LogP contribution in [0.3, 0.4) is 0 Å². The van der Waals surface area contributed by atoms with Gasteiger partial charge in [0.25, 0.3) is 5.91 Å². The molecule has 1 aliphatic heterocycles. The van der Waals surface area contributed by atoms with Crippen molar-refractivity contribution in [3.63, 3.8) is 0 Å². The second-order valence-electron chi connectivity index (χ2n) is 3.40. The normalized spacial score (nSPS) is 31.3. The van der Waals surface area contributed by atoms with E-state index in [9.17, 15) is 17.8 Å². The maximum absolute atomic E-state index is 13.2. The average molecular weight is 241 g/mol. The maximum Gasteiger partial charge on any atom is 0.329 e. The summed E-state index contributed by atoms with van der Waals surface area (Å²) in [4.78, 5) is 10.9. The molecule has 3 atom stereocenters. The summed E-state index contributed by atoms with van der Waals surface area (Å²) in [7, 11) is 0. The molecule has 1 saturated heterocycles. The molecule has 1 fully saturated rings. The van der Waals surface area contributed by atoms with E-state index in [0.717, 1.165) is 0 Å². The molecule has 0 bridgehead atoms. The molecule has 7 heteroatoms. The van der Waals surface area contributed by atoms with Gasteiger partial charge in [0.05, 0.1) is 18.6 Å². The van der Waals surface area contributed by atoms with Crippen LogP contribution in [-0.4, -0.2) is 34.9 Å². The number of amides is 1. The standard InChI is InChI=1S/C8H13F2NO3S/c1-3-5-6(4-14-15(2)13)11-7(12)8(5,9)10/h5-6H,3-4H2,1-2H3,(H,11,12). The summed E-state index contributed by atoms with van der Waals surface area (Å²) in [5, 5.41) is 2.15. The second-order valence-corrected chi connectivity index (χ2v) is 4.44. The van der Waals surface area contributed by atoms with Crippen LogP contribution < -0.4 is 5.32 Å². The van der Waals surface area contributed by atoms with Crippen molar-refractivity contribution in [3.05, 3.63) is 0 Å². The van der Waals surface area contributed by atoms with Crippen molar-refractivity contribution in [2.45, 2.75) is 25.3 Å². The molecule has 1 N–H and O–H groups in total. The minimum atomic E-state index is -3.35. The first kappa shape index (κ1) is 12.5. The Labute approximate surface area is 89.0 Å². The van der Waals surface area contributed by atoms with E-state index in [1.54, 1.807) is 6.92 Å². The lowest BCUT2D eigenvalue weighted by Gasteiger charge is -2.19. The number of carbonyl (C=O) groups is 1. The third-order valence-corrected chi connectivity index (χ3v) is 2.89. The summed E-state index contributed by atoms with van der Waals surface area (Å²) < 4.78 is 41.8. The van der Waals surface area contributed by atoms with Crippen molar-refractivity contribution in [3.8, 4) is 0 Å². The fourth-order valence-electron chi connectivity index (χ4n) is 1.65. The lowest BCUT2D eigenvalue weighted by molar-refractivity contribution is -0.144. The van der Waals surface area contributed by atoms with Gasteiger partial charge >= 0.3 is 5.92 Å². The molecule has 0 spiro atoms. The van der Waals surface area contributed by atoms with E-state index in [2.05, 4.69) is 5.32 Å². The number of halogens is 2. The van der Waals surface area contributed by atoms with E-state index in [0.29, 0.717) is 0 Å². The molecule has 0 aromatic rings. The minimum Gasteiger partial charge on any atom is -0.345 e. The number of alkyl halides is 2. The zero-order valence-electron chi connectivity index (χ0n) is 8.46. The fourth-order valence-corrected chi connectivity index (χ4v) is 1.99. The molecule has 15 heavy (non-hydrogen) atoms. The van der Waals surface area contributed by atoms with Crippen LogP contribution in [0.4, 0.5) is 8.78 Å². The molecule has 0 aromatic heterocycles. The Morgan fingerprint density at radius 1 is 1.60 bits per heavy atom. The number of hydrogen-bond acceptors (Lipinski definition) is 3. The Hall–Kier alpha value is -0.560. The largest absolute Gasteiger partial charge is 0.345 e. The van der Waals surface area contributed by atoms with Crippen LogP contribution in [0.15, 0.2) is 0 Å². The van der Waals surface area contributed by atoms with Gasteiger partial charge in [-0.05, 0) is 6.42 Å². The minimum absolute atomic E-state index is 0.150. The van der Waals surface area contributed by atoms with Gasteiger partial charge in [0.15, 0.2) is 11.1 Å². The monoisotopic (exact) mass is 241 g/mol. The maximum atomic E-state index is 13.2. The highest BCUT2D eigenvalue weighted by atomic mass is 32.2. The van der Waals surface area contributed by atoms with Crippen LogP contribution in [0.25, 0.3) is 0 Å². The Morgan fingerprint density at radius 2 is 2.20 bits per heavy atom. The number of rotatable bonds is 4. The molecule has 0 radical (unpaired) electrons. The van der Waals surface area contributed by atoms with E-state index in [4.69, 9.17) is 4.18 Å². The Bertz CT molecular complexity index is 285. The Kier molecular flexibility index (Phi) is 3.77. The predicted molar refractivity (Wildman–Crippen MR) is 50.7 cm³/mol. The van der Waals surface area contributed by atoms with Gasteiger partial charge in [-0.25, -0.2) is 4.21 Å². The van der Waals surface area contributed by atoms with Crippen LogP contribution in [-0.2, 0) is 20.1 Å². The zero-order chi connectivity index (χ0) is 11.6. The number of hydrogen-bond donors (Lipinski definition) is 1. The summed E-state index contributed by atoms with van der Waals surface area (Å²) in [6, 6.07) is -0.763. The van der Waals surface area contributed by atoms with E-state index in [1.807, 2.05) is 0 Å². The molecule has 0 aromatic carbocycles. The summed E-state index contributed by atoms with van der Waals surface area (Å²) in [6.07, 6.45) is 1.46. The summed E-state index contributed by atoms with van der Waals surface area (Å²) in [5.41, 5.74) is 0. The first-order valence-electron chi connectivity index (χ1n) is 4.55. The molecule has 1 amide bonds. The van der Waals surface area contributed by atoms with Crippen LogP contribution in [0.1, 0.15) is 13.3 Å². The van der Waals surface area contributed by atoms with Gasteiger partial charge in [0.2, 0.25) is 0 Å². The number of carbonyl (C=O) groups excluding carboxylic acids is 1. The van der Waals surface area contributed by atoms with Crippen molar-refractivity contribution >= 4 is 17.0 Å². The van der Waals surface area contributed by atoms with Gasteiger partial charge in [-0.2, -0.15) is 8.78 Å².